The van der Waals surface area contributed by atoms with Gasteiger partial charge in [-0.25, -0.2) is 0 Å². The molecule has 0 saturated heterocycles. The topological polar surface area (TPSA) is 44.1 Å². The lowest BCUT2D eigenvalue weighted by molar-refractivity contribution is 0.0967. The number of Topliss-reactive ketones (excluding diaryl/α,β-unsaturated/α-hetero) is 1. The zero-order valence-corrected chi connectivity index (χ0v) is 13.1. The Morgan fingerprint density at radius 3 is 2.52 bits per heavy atom. The Hall–Kier alpha value is -2.10. The van der Waals surface area contributed by atoms with Crippen LogP contribution in [0.15, 0.2) is 30.5 Å². The van der Waals surface area contributed by atoms with E-state index in [2.05, 4.69) is 36.3 Å². The summed E-state index contributed by atoms with van der Waals surface area (Å²) in [6, 6.07) is 8.41. The zero-order chi connectivity index (χ0) is 15.4. The average molecular weight is 286 g/mol. The number of carbonyl (C=O) groups excluding carboxylic acids is 1. The standard InChI is InChI=1S/C17H22N2O2/c1-12(2)19-17(16(21-4)11-18-19)15(20)10-9-14-7-5-13(3)6-8-14/h5-8,11-12H,9-10H2,1-4H3. The molecule has 4 nitrogen and oxygen atoms in total. The number of hydrogen-bond acceptors (Lipinski definition) is 3. The maximum atomic E-state index is 12.5. The van der Waals surface area contributed by atoms with Crippen molar-refractivity contribution < 1.29 is 9.53 Å². The second kappa shape index (κ2) is 6.57. The molecule has 1 heterocycles. The Balaban J connectivity index is 2.13. The number of benzene rings is 1. The fourth-order valence-electron chi connectivity index (χ4n) is 2.28. The molecule has 0 unspecified atom stereocenters. The number of rotatable bonds is 6. The Morgan fingerprint density at radius 1 is 1.29 bits per heavy atom. The van der Waals surface area contributed by atoms with E-state index in [0.717, 1.165) is 6.42 Å². The number of nitrogens with zero attached hydrogens (tertiary/aromatic N) is 2. The molecule has 21 heavy (non-hydrogen) atoms. The van der Waals surface area contributed by atoms with Gasteiger partial charge in [0, 0.05) is 12.5 Å². The maximum Gasteiger partial charge on any atom is 0.185 e. The van der Waals surface area contributed by atoms with Crippen molar-refractivity contribution >= 4 is 5.78 Å². The third kappa shape index (κ3) is 3.51. The highest BCUT2D eigenvalue weighted by molar-refractivity contribution is 5.97. The van der Waals surface area contributed by atoms with Gasteiger partial charge in [-0.05, 0) is 32.8 Å². The van der Waals surface area contributed by atoms with Crippen LogP contribution in [0.1, 0.15) is 47.9 Å². The number of ether oxygens (including phenoxy) is 1. The fourth-order valence-corrected chi connectivity index (χ4v) is 2.28. The van der Waals surface area contributed by atoms with E-state index >= 15 is 0 Å². The lowest BCUT2D eigenvalue weighted by atomic mass is 10.0. The summed E-state index contributed by atoms with van der Waals surface area (Å²) >= 11 is 0. The number of hydrogen-bond donors (Lipinski definition) is 0. The van der Waals surface area contributed by atoms with Crippen molar-refractivity contribution in [1.82, 2.24) is 9.78 Å². The molecule has 1 aromatic heterocycles. The van der Waals surface area contributed by atoms with E-state index in [0.29, 0.717) is 17.9 Å². The summed E-state index contributed by atoms with van der Waals surface area (Å²) in [5, 5.41) is 4.24. The SMILES string of the molecule is COc1cnn(C(C)C)c1C(=O)CCc1ccc(C)cc1. The molecule has 1 aromatic carbocycles. The highest BCUT2D eigenvalue weighted by atomic mass is 16.5. The van der Waals surface area contributed by atoms with Gasteiger partial charge in [-0.3, -0.25) is 9.48 Å². The molecule has 4 heteroatoms. The summed E-state index contributed by atoms with van der Waals surface area (Å²) in [6.45, 7) is 6.06. The minimum Gasteiger partial charge on any atom is -0.493 e. The molecule has 0 aliphatic carbocycles. The van der Waals surface area contributed by atoms with Crippen molar-refractivity contribution in [1.29, 1.82) is 0 Å². The van der Waals surface area contributed by atoms with Crippen LogP contribution in [0.25, 0.3) is 0 Å². The molecule has 0 radical (unpaired) electrons. The molecular formula is C17H22N2O2. The summed E-state index contributed by atoms with van der Waals surface area (Å²) in [5.74, 6) is 0.622. The largest absolute Gasteiger partial charge is 0.493 e. The predicted molar refractivity (Wildman–Crippen MR) is 83.0 cm³/mol. The van der Waals surface area contributed by atoms with Gasteiger partial charge in [0.2, 0.25) is 0 Å². The summed E-state index contributed by atoms with van der Waals surface area (Å²) < 4.78 is 6.99. The second-order valence-corrected chi connectivity index (χ2v) is 5.51. The first-order chi connectivity index (χ1) is 10.0. The molecule has 0 saturated carbocycles. The maximum absolute atomic E-state index is 12.5. The van der Waals surface area contributed by atoms with Gasteiger partial charge in [-0.1, -0.05) is 29.8 Å². The molecular weight excluding hydrogens is 264 g/mol. The number of carbonyl (C=O) groups is 1. The van der Waals surface area contributed by atoms with Crippen molar-refractivity contribution in [3.05, 3.63) is 47.3 Å². The predicted octanol–water partition coefficient (Wildman–Crippen LogP) is 3.60. The summed E-state index contributed by atoms with van der Waals surface area (Å²) in [4.78, 5) is 12.5. The number of aryl methyl sites for hydroxylation is 2. The van der Waals surface area contributed by atoms with E-state index < -0.39 is 0 Å². The van der Waals surface area contributed by atoms with E-state index in [9.17, 15) is 4.79 Å². The Labute approximate surface area is 125 Å². The first-order valence-electron chi connectivity index (χ1n) is 7.23. The Bertz CT molecular complexity index is 612. The van der Waals surface area contributed by atoms with Gasteiger partial charge in [-0.2, -0.15) is 5.10 Å². The minimum absolute atomic E-state index is 0.0682. The third-order valence-electron chi connectivity index (χ3n) is 3.50. The van der Waals surface area contributed by atoms with Crippen LogP contribution in [0.4, 0.5) is 0 Å². The lowest BCUT2D eigenvalue weighted by Crippen LogP contribution is -2.14. The lowest BCUT2D eigenvalue weighted by Gasteiger charge is -2.11. The molecule has 0 aliphatic rings. The molecule has 2 aromatic rings. The van der Waals surface area contributed by atoms with Crippen LogP contribution in [-0.2, 0) is 6.42 Å². The van der Waals surface area contributed by atoms with Crippen LogP contribution < -0.4 is 4.74 Å². The zero-order valence-electron chi connectivity index (χ0n) is 13.1. The molecule has 0 atom stereocenters. The highest BCUT2D eigenvalue weighted by Gasteiger charge is 2.20. The van der Waals surface area contributed by atoms with Gasteiger partial charge in [-0.15, -0.1) is 0 Å². The molecule has 2 rings (SSSR count). The van der Waals surface area contributed by atoms with E-state index in [4.69, 9.17) is 4.74 Å². The van der Waals surface area contributed by atoms with Crippen LogP contribution >= 0.6 is 0 Å². The molecule has 0 amide bonds. The van der Waals surface area contributed by atoms with Crippen molar-refractivity contribution in [2.45, 2.75) is 39.7 Å². The molecule has 0 aliphatic heterocycles. The van der Waals surface area contributed by atoms with Crippen molar-refractivity contribution in [2.75, 3.05) is 7.11 Å². The minimum atomic E-state index is 0.0682. The van der Waals surface area contributed by atoms with Crippen molar-refractivity contribution in [3.63, 3.8) is 0 Å². The summed E-state index contributed by atoms with van der Waals surface area (Å²) in [5.41, 5.74) is 2.97. The van der Waals surface area contributed by atoms with Crippen LogP contribution in [0.2, 0.25) is 0 Å². The monoisotopic (exact) mass is 286 g/mol. The Morgan fingerprint density at radius 2 is 1.95 bits per heavy atom. The number of ketones is 1. The molecule has 0 spiro atoms. The summed E-state index contributed by atoms with van der Waals surface area (Å²) in [6.07, 6.45) is 2.79. The Kier molecular flexibility index (Phi) is 4.78. The normalized spacial score (nSPS) is 10.9. The van der Waals surface area contributed by atoms with Crippen LogP contribution in [-0.4, -0.2) is 22.7 Å². The van der Waals surface area contributed by atoms with Gasteiger partial charge in [0.1, 0.15) is 5.69 Å². The van der Waals surface area contributed by atoms with E-state index in [-0.39, 0.29) is 11.8 Å². The highest BCUT2D eigenvalue weighted by Crippen LogP contribution is 2.23. The van der Waals surface area contributed by atoms with Gasteiger partial charge in [0.25, 0.3) is 0 Å². The molecule has 0 fully saturated rings. The number of aromatic nitrogens is 2. The second-order valence-electron chi connectivity index (χ2n) is 5.51. The molecule has 112 valence electrons. The molecule has 0 bridgehead atoms. The van der Waals surface area contributed by atoms with Gasteiger partial charge in [0.05, 0.1) is 13.3 Å². The quantitative estimate of drug-likeness (QED) is 0.762. The van der Waals surface area contributed by atoms with Crippen molar-refractivity contribution in [3.8, 4) is 5.75 Å². The van der Waals surface area contributed by atoms with Gasteiger partial charge in [0.15, 0.2) is 11.5 Å². The first-order valence-corrected chi connectivity index (χ1v) is 7.23. The van der Waals surface area contributed by atoms with Crippen LogP contribution in [0, 0.1) is 6.92 Å². The van der Waals surface area contributed by atoms with E-state index in [1.807, 2.05) is 13.8 Å². The van der Waals surface area contributed by atoms with Crippen LogP contribution in [0.5, 0.6) is 5.75 Å². The average Bonchev–Trinajstić information content (AvgIpc) is 2.90. The van der Waals surface area contributed by atoms with E-state index in [1.54, 1.807) is 18.0 Å². The smallest absolute Gasteiger partial charge is 0.185 e. The van der Waals surface area contributed by atoms with Crippen molar-refractivity contribution in [2.24, 2.45) is 0 Å². The fraction of sp³-hybridized carbons (Fsp3) is 0.412. The van der Waals surface area contributed by atoms with Crippen LogP contribution in [0.3, 0.4) is 0 Å². The van der Waals surface area contributed by atoms with Gasteiger partial charge < -0.3 is 4.74 Å². The molecule has 0 N–H and O–H groups in total. The van der Waals surface area contributed by atoms with Gasteiger partial charge >= 0.3 is 0 Å². The summed E-state index contributed by atoms with van der Waals surface area (Å²) in [7, 11) is 1.57. The third-order valence-corrected chi connectivity index (χ3v) is 3.50. The number of methoxy groups -OCH3 is 1. The first kappa shape index (κ1) is 15.3. The van der Waals surface area contributed by atoms with E-state index in [1.165, 1.54) is 11.1 Å².